The standard InChI is InChI=1S/C2HClF2O2.K.H/c3-1(4)2(6)7-5;;/h1H;;/q;+1;-1. The number of hydrogen-bond donors (Lipinski definition) is 0. The van der Waals surface area contributed by atoms with Crippen LogP contribution >= 0.6 is 11.6 Å². The number of alkyl halides is 2. The average molecular weight is 171 g/mol. The number of hydrogen-bond acceptors (Lipinski definition) is 2. The molecule has 0 saturated heterocycles. The molecule has 0 saturated carbocycles. The maximum Gasteiger partial charge on any atom is 1.00 e. The molecule has 1 unspecified atom stereocenters. The van der Waals surface area contributed by atoms with Gasteiger partial charge in [-0.3, -0.25) is 4.94 Å². The fourth-order valence-corrected chi connectivity index (χ4v) is 0.0673. The van der Waals surface area contributed by atoms with Gasteiger partial charge in [0.05, 0.1) is 0 Å². The van der Waals surface area contributed by atoms with Crippen molar-refractivity contribution in [3.05, 3.63) is 0 Å². The summed E-state index contributed by atoms with van der Waals surface area (Å²) < 4.78 is 21.6. The molecule has 0 aromatic carbocycles. The number of halogens is 3. The zero-order chi connectivity index (χ0) is 5.86. The van der Waals surface area contributed by atoms with Crippen LogP contribution in [-0.2, 0) is 9.74 Å². The molecule has 2 nitrogen and oxygen atoms in total. The summed E-state index contributed by atoms with van der Waals surface area (Å²) >= 11 is 4.35. The van der Waals surface area contributed by atoms with Crippen LogP contribution in [0.5, 0.6) is 0 Å². The molecule has 0 aliphatic rings. The first kappa shape index (κ1) is 12.0. The molecule has 0 fully saturated rings. The quantitative estimate of drug-likeness (QED) is 0.338. The van der Waals surface area contributed by atoms with Gasteiger partial charge in [0.25, 0.3) is 5.63 Å². The summed E-state index contributed by atoms with van der Waals surface area (Å²) in [6.45, 7) is 0. The molecule has 1 atom stereocenters. The topological polar surface area (TPSA) is 26.3 Å². The van der Waals surface area contributed by atoms with E-state index in [4.69, 9.17) is 0 Å². The Morgan fingerprint density at radius 1 is 1.88 bits per heavy atom. The van der Waals surface area contributed by atoms with Crippen molar-refractivity contribution in [2.75, 3.05) is 0 Å². The first-order valence-electron chi connectivity index (χ1n) is 1.29. The van der Waals surface area contributed by atoms with E-state index in [1.54, 1.807) is 0 Å². The summed E-state index contributed by atoms with van der Waals surface area (Å²) in [5.41, 5.74) is -2.40. The van der Waals surface area contributed by atoms with Crippen molar-refractivity contribution in [3.63, 3.8) is 0 Å². The molecule has 6 heteroatoms. The maximum atomic E-state index is 11.1. The third-order valence-corrected chi connectivity index (χ3v) is 0.432. The largest absolute Gasteiger partial charge is 1.00 e. The molecule has 44 valence electrons. The van der Waals surface area contributed by atoms with E-state index in [0.717, 1.165) is 0 Å². The first-order chi connectivity index (χ1) is 3.18. The van der Waals surface area contributed by atoms with Crippen LogP contribution in [0.2, 0.25) is 0 Å². The number of rotatable bonds is 1. The Bertz CT molecular complexity index is 83.0. The van der Waals surface area contributed by atoms with Gasteiger partial charge in [0.2, 0.25) is 0 Å². The van der Waals surface area contributed by atoms with Crippen LogP contribution < -0.4 is 51.4 Å². The van der Waals surface area contributed by atoms with E-state index in [9.17, 15) is 13.7 Å². The van der Waals surface area contributed by atoms with Crippen LogP contribution in [0.4, 0.5) is 8.92 Å². The molecule has 0 amide bonds. The van der Waals surface area contributed by atoms with Gasteiger partial charge in [-0.15, -0.1) is 0 Å². The second-order valence-electron chi connectivity index (χ2n) is 0.697. The van der Waals surface area contributed by atoms with E-state index >= 15 is 0 Å². The fourth-order valence-electron chi connectivity index (χ4n) is 0.0337. The smallest absolute Gasteiger partial charge is 1.00 e. The Morgan fingerprint density at radius 3 is 2.25 bits per heavy atom. The van der Waals surface area contributed by atoms with Gasteiger partial charge in [-0.1, -0.05) is 11.6 Å². The summed E-state index contributed by atoms with van der Waals surface area (Å²) in [5.74, 6) is -1.72. The van der Waals surface area contributed by atoms with E-state index in [-0.39, 0.29) is 52.8 Å². The SMILES string of the molecule is O=C(OF)C(F)Cl.[H-].[K+]. The summed E-state index contributed by atoms with van der Waals surface area (Å²) in [7, 11) is 0. The van der Waals surface area contributed by atoms with Gasteiger partial charge in [-0.05, 0) is 0 Å². The predicted octanol–water partition coefficient (Wildman–Crippen LogP) is -1.93. The summed E-state index contributed by atoms with van der Waals surface area (Å²) in [4.78, 5) is 11.8. The maximum absolute atomic E-state index is 11.1. The minimum absolute atomic E-state index is 0. The van der Waals surface area contributed by atoms with Crippen molar-refractivity contribution < 1.29 is 71.5 Å². The molecule has 0 spiro atoms. The van der Waals surface area contributed by atoms with Crippen molar-refractivity contribution in [1.82, 2.24) is 0 Å². The predicted molar refractivity (Wildman–Crippen MR) is 19.1 cm³/mol. The van der Waals surface area contributed by atoms with Gasteiger partial charge in [0, 0.05) is 4.53 Å². The van der Waals surface area contributed by atoms with Gasteiger partial charge >= 0.3 is 57.4 Å². The first-order valence-corrected chi connectivity index (χ1v) is 1.72. The third kappa shape index (κ3) is 5.39. The molecule has 0 heterocycles. The van der Waals surface area contributed by atoms with Crippen molar-refractivity contribution in [2.24, 2.45) is 0 Å². The van der Waals surface area contributed by atoms with Gasteiger partial charge < -0.3 is 1.43 Å². The Kier molecular flexibility index (Phi) is 9.55. The van der Waals surface area contributed by atoms with Crippen molar-refractivity contribution in [2.45, 2.75) is 5.63 Å². The number of carbonyl (C=O) groups excluding carboxylic acids is 1. The van der Waals surface area contributed by atoms with Gasteiger partial charge in [0.15, 0.2) is 0 Å². The molecule has 0 rings (SSSR count). The Hall–Kier alpha value is 1.26. The summed E-state index contributed by atoms with van der Waals surface area (Å²) in [6.07, 6.45) is 0. The molecule has 0 aliphatic carbocycles. The van der Waals surface area contributed by atoms with Crippen LogP contribution in [-0.4, -0.2) is 11.6 Å². The Balaban J connectivity index is -0.000000180. The second kappa shape index (κ2) is 6.38. The third-order valence-electron chi connectivity index (χ3n) is 0.254. The second-order valence-corrected chi connectivity index (χ2v) is 1.08. The normalized spacial score (nSPS) is 11.4. The fraction of sp³-hybridized carbons (Fsp3) is 0.500. The van der Waals surface area contributed by atoms with E-state index in [1.165, 1.54) is 0 Å². The van der Waals surface area contributed by atoms with Gasteiger partial charge in [0.1, 0.15) is 0 Å². The van der Waals surface area contributed by atoms with E-state index in [1.807, 2.05) is 0 Å². The summed E-state index contributed by atoms with van der Waals surface area (Å²) in [6, 6.07) is 0. The van der Waals surface area contributed by atoms with Crippen molar-refractivity contribution >= 4 is 17.6 Å². The minimum atomic E-state index is -2.40. The monoisotopic (exact) mass is 170 g/mol. The molecule has 8 heavy (non-hydrogen) atoms. The molecule has 0 bridgehead atoms. The molecule has 0 aromatic rings. The zero-order valence-electron chi connectivity index (χ0n) is 5.03. The number of carbonyl (C=O) groups is 1. The van der Waals surface area contributed by atoms with Crippen LogP contribution in [0, 0.1) is 0 Å². The summed E-state index contributed by atoms with van der Waals surface area (Å²) in [5, 5.41) is 0. The van der Waals surface area contributed by atoms with Gasteiger partial charge in [-0.25, -0.2) is 9.18 Å². The molecule has 0 radical (unpaired) electrons. The van der Waals surface area contributed by atoms with Crippen LogP contribution in [0.3, 0.4) is 0 Å². The molecule has 0 aromatic heterocycles. The Morgan fingerprint density at radius 2 is 2.25 bits per heavy atom. The van der Waals surface area contributed by atoms with E-state index < -0.39 is 11.6 Å². The van der Waals surface area contributed by atoms with Crippen LogP contribution in [0.25, 0.3) is 0 Å². The van der Waals surface area contributed by atoms with Crippen molar-refractivity contribution in [3.8, 4) is 0 Å². The molecule has 0 N–H and O–H groups in total. The van der Waals surface area contributed by atoms with E-state index in [0.29, 0.717) is 0 Å². The molecule has 0 aliphatic heterocycles. The van der Waals surface area contributed by atoms with Gasteiger partial charge in [-0.2, -0.15) is 0 Å². The average Bonchev–Trinajstić information content (AvgIpc) is 1.65. The zero-order valence-corrected chi connectivity index (χ0v) is 7.91. The molecular weight excluding hydrogens is 169 g/mol. The van der Waals surface area contributed by atoms with E-state index in [2.05, 4.69) is 16.5 Å². The van der Waals surface area contributed by atoms with Crippen LogP contribution in [0.15, 0.2) is 0 Å². The minimum Gasteiger partial charge on any atom is -1.00 e. The van der Waals surface area contributed by atoms with Crippen molar-refractivity contribution in [1.29, 1.82) is 0 Å². The van der Waals surface area contributed by atoms with Crippen LogP contribution in [0.1, 0.15) is 1.43 Å². The molecular formula is C2H2ClF2KO2. The Labute approximate surface area is 93.3 Å².